The Bertz CT molecular complexity index is 260. The number of carbonyl (C=O) groups is 1. The van der Waals surface area contributed by atoms with Crippen LogP contribution in [0.2, 0.25) is 0 Å². The van der Waals surface area contributed by atoms with Gasteiger partial charge in [0.05, 0.1) is 13.2 Å². The maximum absolute atomic E-state index is 11.3. The Morgan fingerprint density at radius 1 is 1.21 bits per heavy atom. The fraction of sp³-hybridized carbons (Fsp3) is 0.833. The van der Waals surface area contributed by atoms with Gasteiger partial charge < -0.3 is 20.7 Å². The highest BCUT2D eigenvalue weighted by atomic mass is 127. The van der Waals surface area contributed by atoms with Gasteiger partial charge in [-0.05, 0) is 6.92 Å². The first-order chi connectivity index (χ1) is 8.61. The first-order valence-electron chi connectivity index (χ1n) is 6.40. The summed E-state index contributed by atoms with van der Waals surface area (Å²) >= 11 is 0. The molecule has 0 aliphatic rings. The fourth-order valence-electron chi connectivity index (χ4n) is 1.16. The molecule has 0 radical (unpaired) electrons. The maximum Gasteiger partial charge on any atom is 0.222 e. The van der Waals surface area contributed by atoms with Crippen LogP contribution in [0.5, 0.6) is 0 Å². The third-order valence-electron chi connectivity index (χ3n) is 2.15. The van der Waals surface area contributed by atoms with Crippen LogP contribution in [0.15, 0.2) is 4.99 Å². The van der Waals surface area contributed by atoms with E-state index in [1.807, 2.05) is 20.8 Å². The van der Waals surface area contributed by atoms with E-state index in [0.29, 0.717) is 26.2 Å². The van der Waals surface area contributed by atoms with E-state index in [9.17, 15) is 4.79 Å². The number of aliphatic imine (C=N–C) groups is 1. The summed E-state index contributed by atoms with van der Waals surface area (Å²) in [6.07, 6.45) is 0. The molecule has 0 spiro atoms. The summed E-state index contributed by atoms with van der Waals surface area (Å²) in [6, 6.07) is 0. The number of hydrogen-bond acceptors (Lipinski definition) is 3. The molecule has 0 unspecified atom stereocenters. The topological polar surface area (TPSA) is 74.8 Å². The van der Waals surface area contributed by atoms with Gasteiger partial charge in [-0.1, -0.05) is 13.8 Å². The van der Waals surface area contributed by atoms with Crippen molar-refractivity contribution in [2.75, 3.05) is 39.9 Å². The van der Waals surface area contributed by atoms with Crippen molar-refractivity contribution in [1.82, 2.24) is 16.0 Å². The van der Waals surface area contributed by atoms with Crippen molar-refractivity contribution >= 4 is 35.8 Å². The number of carbonyl (C=O) groups excluding carboxylic acids is 1. The van der Waals surface area contributed by atoms with Crippen LogP contribution in [0.4, 0.5) is 0 Å². The van der Waals surface area contributed by atoms with Gasteiger partial charge in [0.1, 0.15) is 0 Å². The van der Waals surface area contributed by atoms with Gasteiger partial charge in [-0.25, -0.2) is 0 Å². The van der Waals surface area contributed by atoms with Gasteiger partial charge in [-0.15, -0.1) is 24.0 Å². The highest BCUT2D eigenvalue weighted by molar-refractivity contribution is 14.0. The van der Waals surface area contributed by atoms with Gasteiger partial charge in [0.2, 0.25) is 5.91 Å². The van der Waals surface area contributed by atoms with E-state index in [0.717, 1.165) is 12.5 Å². The number of nitrogens with zero attached hydrogens (tertiary/aromatic N) is 1. The van der Waals surface area contributed by atoms with E-state index in [1.165, 1.54) is 0 Å². The summed E-state index contributed by atoms with van der Waals surface area (Å²) in [5, 5.41) is 9.10. The number of amides is 1. The first kappa shape index (κ1) is 20.7. The quantitative estimate of drug-likeness (QED) is 0.247. The number of nitrogens with one attached hydrogen (secondary N) is 3. The minimum atomic E-state index is 0. The van der Waals surface area contributed by atoms with Crippen molar-refractivity contribution in [2.45, 2.75) is 20.8 Å². The average molecular weight is 386 g/mol. The van der Waals surface area contributed by atoms with Crippen LogP contribution < -0.4 is 16.0 Å². The van der Waals surface area contributed by atoms with Crippen molar-refractivity contribution in [3.8, 4) is 0 Å². The van der Waals surface area contributed by atoms with Crippen molar-refractivity contribution in [1.29, 1.82) is 0 Å². The van der Waals surface area contributed by atoms with Gasteiger partial charge in [-0.3, -0.25) is 9.79 Å². The van der Waals surface area contributed by atoms with Gasteiger partial charge >= 0.3 is 0 Å². The molecule has 1 amide bonds. The molecule has 19 heavy (non-hydrogen) atoms. The molecule has 0 bridgehead atoms. The Morgan fingerprint density at radius 3 is 2.37 bits per heavy atom. The molecule has 0 rings (SSSR count). The van der Waals surface area contributed by atoms with E-state index in [-0.39, 0.29) is 35.8 Å². The zero-order valence-electron chi connectivity index (χ0n) is 12.3. The average Bonchev–Trinajstić information content (AvgIpc) is 2.34. The van der Waals surface area contributed by atoms with Crippen LogP contribution >= 0.6 is 24.0 Å². The lowest BCUT2D eigenvalue weighted by Gasteiger charge is -2.12. The lowest BCUT2D eigenvalue weighted by atomic mass is 10.2. The third kappa shape index (κ3) is 12.2. The zero-order valence-corrected chi connectivity index (χ0v) is 14.6. The maximum atomic E-state index is 11.3. The molecule has 0 fully saturated rings. The number of hydrogen-bond donors (Lipinski definition) is 3. The smallest absolute Gasteiger partial charge is 0.222 e. The van der Waals surface area contributed by atoms with Crippen molar-refractivity contribution in [3.63, 3.8) is 0 Å². The number of ether oxygens (including phenoxy) is 1. The molecule has 0 aromatic rings. The summed E-state index contributed by atoms with van der Waals surface area (Å²) in [6.45, 7) is 9.01. The van der Waals surface area contributed by atoms with E-state index in [4.69, 9.17) is 4.74 Å². The summed E-state index contributed by atoms with van der Waals surface area (Å²) in [7, 11) is 1.65. The molecule has 0 saturated heterocycles. The molecule has 7 heteroatoms. The minimum Gasteiger partial charge on any atom is -0.383 e. The summed E-state index contributed by atoms with van der Waals surface area (Å²) in [5.41, 5.74) is 0. The summed E-state index contributed by atoms with van der Waals surface area (Å²) < 4.78 is 4.93. The van der Waals surface area contributed by atoms with Crippen molar-refractivity contribution in [3.05, 3.63) is 0 Å². The zero-order chi connectivity index (χ0) is 13.8. The normalized spacial score (nSPS) is 10.9. The van der Waals surface area contributed by atoms with E-state index in [1.54, 1.807) is 7.11 Å². The van der Waals surface area contributed by atoms with Gasteiger partial charge in [0, 0.05) is 32.7 Å². The van der Waals surface area contributed by atoms with Crippen LogP contribution in [0.25, 0.3) is 0 Å². The van der Waals surface area contributed by atoms with Gasteiger partial charge in [-0.2, -0.15) is 0 Å². The predicted octanol–water partition coefficient (Wildman–Crippen LogP) is 0.578. The van der Waals surface area contributed by atoms with Crippen LogP contribution in [0.3, 0.4) is 0 Å². The Morgan fingerprint density at radius 2 is 1.84 bits per heavy atom. The van der Waals surface area contributed by atoms with Crippen molar-refractivity contribution < 1.29 is 9.53 Å². The number of methoxy groups -OCH3 is 1. The van der Waals surface area contributed by atoms with Crippen LogP contribution in [-0.2, 0) is 9.53 Å². The van der Waals surface area contributed by atoms with Crippen LogP contribution in [-0.4, -0.2) is 51.8 Å². The monoisotopic (exact) mass is 386 g/mol. The van der Waals surface area contributed by atoms with Gasteiger partial charge in [0.15, 0.2) is 5.96 Å². The molecule has 0 aliphatic heterocycles. The minimum absolute atomic E-state index is 0. The summed E-state index contributed by atoms with van der Waals surface area (Å²) in [4.78, 5) is 15.6. The Balaban J connectivity index is 0. The standard InChI is InChI=1S/C12H26N4O2.HI/c1-5-13-12(16-8-9-18-4)15-7-6-14-11(17)10(2)3;/h10H,5-9H2,1-4H3,(H,14,17)(H2,13,15,16);1H. The van der Waals surface area contributed by atoms with E-state index >= 15 is 0 Å². The highest BCUT2D eigenvalue weighted by Gasteiger charge is 2.04. The van der Waals surface area contributed by atoms with E-state index < -0.39 is 0 Å². The fourth-order valence-corrected chi connectivity index (χ4v) is 1.16. The molecular formula is C12H27IN4O2. The van der Waals surface area contributed by atoms with Gasteiger partial charge in [0.25, 0.3) is 0 Å². The SMILES string of the molecule is CCNC(=NCCOC)NCCNC(=O)C(C)C.I. The molecule has 3 N–H and O–H groups in total. The number of rotatable bonds is 8. The second-order valence-electron chi connectivity index (χ2n) is 4.13. The summed E-state index contributed by atoms with van der Waals surface area (Å²) in [5.74, 6) is 0.833. The third-order valence-corrected chi connectivity index (χ3v) is 2.15. The molecule has 0 saturated carbocycles. The molecule has 0 atom stereocenters. The molecule has 0 aromatic carbocycles. The van der Waals surface area contributed by atoms with E-state index in [2.05, 4.69) is 20.9 Å². The number of guanidine groups is 1. The Kier molecular flexibility index (Phi) is 15.1. The second kappa shape index (κ2) is 13.9. The lowest BCUT2D eigenvalue weighted by Crippen LogP contribution is -2.42. The highest BCUT2D eigenvalue weighted by Crippen LogP contribution is 1.88. The Hall–Kier alpha value is -0.570. The predicted molar refractivity (Wildman–Crippen MR) is 89.1 cm³/mol. The van der Waals surface area contributed by atoms with Crippen LogP contribution in [0.1, 0.15) is 20.8 Å². The number of halogens is 1. The molecule has 0 heterocycles. The second-order valence-corrected chi connectivity index (χ2v) is 4.13. The lowest BCUT2D eigenvalue weighted by molar-refractivity contribution is -0.123. The molecule has 0 aromatic heterocycles. The molecule has 114 valence electrons. The largest absolute Gasteiger partial charge is 0.383 e. The first-order valence-corrected chi connectivity index (χ1v) is 6.40. The Labute approximate surface area is 133 Å². The van der Waals surface area contributed by atoms with Crippen LogP contribution in [0, 0.1) is 5.92 Å². The molecular weight excluding hydrogens is 359 g/mol. The molecule has 0 aliphatic carbocycles. The molecule has 6 nitrogen and oxygen atoms in total. The van der Waals surface area contributed by atoms with Crippen molar-refractivity contribution in [2.24, 2.45) is 10.9 Å².